The first-order chi connectivity index (χ1) is 12.1. The van der Waals surface area contributed by atoms with Crippen LogP contribution >= 0.6 is 23.2 Å². The fourth-order valence-electron chi connectivity index (χ4n) is 3.05. The molecule has 4 nitrogen and oxygen atoms in total. The van der Waals surface area contributed by atoms with Crippen LogP contribution in [0.4, 0.5) is 5.82 Å². The first-order valence-corrected chi connectivity index (χ1v) is 8.26. The summed E-state index contributed by atoms with van der Waals surface area (Å²) >= 11 is 12.4. The molecule has 0 spiro atoms. The average molecular weight is 368 g/mol. The van der Waals surface area contributed by atoms with Crippen LogP contribution in [0.3, 0.4) is 0 Å². The number of ether oxygens (including phenoxy) is 1. The summed E-state index contributed by atoms with van der Waals surface area (Å²) in [5, 5.41) is 10.6. The summed E-state index contributed by atoms with van der Waals surface area (Å²) in [4.78, 5) is 4.47. The normalized spacial score (nSPS) is 11.9. The Bertz CT molecular complexity index is 1060. The van der Waals surface area contributed by atoms with Crippen molar-refractivity contribution in [2.45, 2.75) is 6.61 Å². The van der Waals surface area contributed by atoms with Gasteiger partial charge in [-0.25, -0.2) is 4.98 Å². The molecule has 2 aromatic carbocycles. The largest absolute Gasteiger partial charge is 0.488 e. The Morgan fingerprint density at radius 3 is 2.68 bits per heavy atom. The topological polar surface area (TPSA) is 71.9 Å². The van der Waals surface area contributed by atoms with Crippen molar-refractivity contribution >= 4 is 29.0 Å². The smallest absolute Gasteiger partial charge is 0.142 e. The predicted octanol–water partition coefficient (Wildman–Crippen LogP) is 5.07. The van der Waals surface area contributed by atoms with Crippen LogP contribution in [0, 0.1) is 11.3 Å². The maximum Gasteiger partial charge on any atom is 0.142 e. The van der Waals surface area contributed by atoms with Gasteiger partial charge in [0.2, 0.25) is 0 Å². The minimum Gasteiger partial charge on any atom is -0.488 e. The number of halogens is 2. The van der Waals surface area contributed by atoms with Gasteiger partial charge in [0.25, 0.3) is 0 Å². The van der Waals surface area contributed by atoms with Crippen LogP contribution in [0.5, 0.6) is 5.75 Å². The summed E-state index contributed by atoms with van der Waals surface area (Å²) < 4.78 is 5.86. The van der Waals surface area contributed by atoms with Crippen molar-refractivity contribution in [2.24, 2.45) is 0 Å². The van der Waals surface area contributed by atoms with Crippen LogP contribution in [0.2, 0.25) is 10.0 Å². The molecule has 1 aliphatic heterocycles. The molecule has 0 unspecified atom stereocenters. The third-order valence-electron chi connectivity index (χ3n) is 4.15. The second-order valence-electron chi connectivity index (χ2n) is 5.60. The maximum absolute atomic E-state index is 9.62. The minimum atomic E-state index is 0.166. The lowest BCUT2D eigenvalue weighted by atomic mass is 9.91. The van der Waals surface area contributed by atoms with Gasteiger partial charge in [-0.1, -0.05) is 41.4 Å². The van der Waals surface area contributed by atoms with E-state index in [1.165, 1.54) is 0 Å². The number of fused-ring (bicyclic) bond motifs is 3. The van der Waals surface area contributed by atoms with Crippen LogP contribution in [-0.2, 0) is 6.61 Å². The van der Waals surface area contributed by atoms with Crippen molar-refractivity contribution in [2.75, 3.05) is 5.73 Å². The molecule has 3 aromatic rings. The maximum atomic E-state index is 9.62. The summed E-state index contributed by atoms with van der Waals surface area (Å²) in [6.07, 6.45) is 0. The molecule has 0 aliphatic carbocycles. The fourth-order valence-corrected chi connectivity index (χ4v) is 3.55. The zero-order valence-corrected chi connectivity index (χ0v) is 14.4. The predicted molar refractivity (Wildman–Crippen MR) is 98.6 cm³/mol. The van der Waals surface area contributed by atoms with E-state index in [-0.39, 0.29) is 18.0 Å². The van der Waals surface area contributed by atoms with Crippen molar-refractivity contribution in [3.8, 4) is 34.2 Å². The van der Waals surface area contributed by atoms with E-state index in [1.54, 1.807) is 18.2 Å². The van der Waals surface area contributed by atoms with Crippen LogP contribution in [0.15, 0.2) is 42.5 Å². The van der Waals surface area contributed by atoms with E-state index in [0.29, 0.717) is 26.9 Å². The Labute approximate surface area is 154 Å². The molecule has 0 saturated heterocycles. The Hall–Kier alpha value is -2.74. The fraction of sp³-hybridized carbons (Fsp3) is 0.0526. The molecule has 122 valence electrons. The highest BCUT2D eigenvalue weighted by Gasteiger charge is 2.27. The number of nitrogens with two attached hydrogens (primary N) is 1. The van der Waals surface area contributed by atoms with E-state index in [0.717, 1.165) is 16.9 Å². The summed E-state index contributed by atoms with van der Waals surface area (Å²) in [6.45, 7) is 0.280. The van der Waals surface area contributed by atoms with Gasteiger partial charge in [0.05, 0.1) is 5.69 Å². The molecule has 4 rings (SSSR count). The van der Waals surface area contributed by atoms with Gasteiger partial charge in [-0.15, -0.1) is 0 Å². The Morgan fingerprint density at radius 2 is 1.92 bits per heavy atom. The minimum absolute atomic E-state index is 0.166. The van der Waals surface area contributed by atoms with Gasteiger partial charge in [0, 0.05) is 32.3 Å². The third kappa shape index (κ3) is 2.49. The molecule has 2 heterocycles. The lowest BCUT2D eigenvalue weighted by Crippen LogP contribution is -2.12. The molecule has 1 aromatic heterocycles. The lowest BCUT2D eigenvalue weighted by molar-refractivity contribution is 0.302. The monoisotopic (exact) mass is 367 g/mol. The number of nitriles is 1. The van der Waals surface area contributed by atoms with E-state index >= 15 is 0 Å². The molecular weight excluding hydrogens is 357 g/mol. The van der Waals surface area contributed by atoms with Crippen molar-refractivity contribution in [3.05, 3.63) is 63.6 Å². The molecule has 0 amide bonds. The summed E-state index contributed by atoms with van der Waals surface area (Å²) in [7, 11) is 0. The highest BCUT2D eigenvalue weighted by molar-refractivity contribution is 6.36. The van der Waals surface area contributed by atoms with Crippen molar-refractivity contribution in [3.63, 3.8) is 0 Å². The van der Waals surface area contributed by atoms with Gasteiger partial charge >= 0.3 is 0 Å². The summed E-state index contributed by atoms with van der Waals surface area (Å²) in [5.74, 6) is 0.902. The molecular formula is C19H11Cl2N3O. The standard InChI is InChI=1S/C19H11Cl2N3O/c20-10-5-6-11(15(21)7-10)17-13(8-22)19(23)24-18-12-3-1-2-4-16(12)25-9-14(17)18/h1-7H,9H2,(H2,23,24). The number of hydrogen-bond acceptors (Lipinski definition) is 4. The molecule has 25 heavy (non-hydrogen) atoms. The number of nitrogen functional groups attached to an aromatic ring is 1. The van der Waals surface area contributed by atoms with Gasteiger partial charge in [0.1, 0.15) is 29.8 Å². The van der Waals surface area contributed by atoms with E-state index < -0.39 is 0 Å². The van der Waals surface area contributed by atoms with Gasteiger partial charge < -0.3 is 10.5 Å². The molecule has 0 atom stereocenters. The highest BCUT2D eigenvalue weighted by Crippen LogP contribution is 2.44. The zero-order chi connectivity index (χ0) is 17.6. The number of benzene rings is 2. The lowest BCUT2D eigenvalue weighted by Gasteiger charge is -2.24. The number of pyridine rings is 1. The number of rotatable bonds is 1. The van der Waals surface area contributed by atoms with Crippen molar-refractivity contribution in [1.82, 2.24) is 4.98 Å². The zero-order valence-electron chi connectivity index (χ0n) is 12.9. The molecule has 0 radical (unpaired) electrons. The van der Waals surface area contributed by atoms with Gasteiger partial charge in [-0.2, -0.15) is 5.26 Å². The van der Waals surface area contributed by atoms with Crippen LogP contribution in [-0.4, -0.2) is 4.98 Å². The number of aromatic nitrogens is 1. The number of anilines is 1. The SMILES string of the molecule is N#Cc1c(N)nc2c(c1-c1ccc(Cl)cc1Cl)COc1ccccc1-2. The first-order valence-electron chi connectivity index (χ1n) is 7.50. The third-order valence-corrected chi connectivity index (χ3v) is 4.70. The van der Waals surface area contributed by atoms with E-state index in [1.807, 2.05) is 24.3 Å². The second kappa shape index (κ2) is 5.96. The van der Waals surface area contributed by atoms with Crippen molar-refractivity contribution < 1.29 is 4.74 Å². The average Bonchev–Trinajstić information content (AvgIpc) is 2.61. The first kappa shape index (κ1) is 15.8. The van der Waals surface area contributed by atoms with E-state index in [4.69, 9.17) is 33.7 Å². The molecule has 0 bridgehead atoms. The van der Waals surface area contributed by atoms with Crippen LogP contribution in [0.1, 0.15) is 11.1 Å². The molecule has 1 aliphatic rings. The van der Waals surface area contributed by atoms with Crippen LogP contribution < -0.4 is 10.5 Å². The van der Waals surface area contributed by atoms with Crippen LogP contribution in [0.25, 0.3) is 22.4 Å². The summed E-state index contributed by atoms with van der Waals surface area (Å²) in [5.41, 5.74) is 10.0. The highest BCUT2D eigenvalue weighted by atomic mass is 35.5. The molecule has 0 saturated carbocycles. The quantitative estimate of drug-likeness (QED) is 0.651. The van der Waals surface area contributed by atoms with E-state index in [9.17, 15) is 5.26 Å². The van der Waals surface area contributed by atoms with Gasteiger partial charge in [0.15, 0.2) is 0 Å². The Morgan fingerprint density at radius 1 is 1.12 bits per heavy atom. The Balaban J connectivity index is 2.09. The van der Waals surface area contributed by atoms with Gasteiger partial charge in [-0.3, -0.25) is 0 Å². The second-order valence-corrected chi connectivity index (χ2v) is 6.44. The molecule has 2 N–H and O–H groups in total. The van der Waals surface area contributed by atoms with E-state index in [2.05, 4.69) is 11.1 Å². The van der Waals surface area contributed by atoms with Crippen molar-refractivity contribution in [1.29, 1.82) is 5.26 Å². The molecule has 0 fully saturated rings. The Kier molecular flexibility index (Phi) is 3.76. The number of nitrogens with zero attached hydrogens (tertiary/aromatic N) is 2. The summed E-state index contributed by atoms with van der Waals surface area (Å²) in [6, 6.07) is 14.9. The number of hydrogen-bond donors (Lipinski definition) is 1. The number of para-hydroxylation sites is 1. The van der Waals surface area contributed by atoms with Gasteiger partial charge in [-0.05, 0) is 24.3 Å². The molecule has 6 heteroatoms.